The van der Waals surface area contributed by atoms with E-state index in [0.29, 0.717) is 22.0 Å². The zero-order valence-electron chi connectivity index (χ0n) is 11.6. The van der Waals surface area contributed by atoms with Crippen molar-refractivity contribution in [1.29, 1.82) is 0 Å². The molecule has 0 aliphatic carbocycles. The third-order valence-electron chi connectivity index (χ3n) is 2.94. The molecule has 0 heterocycles. The number of benzene rings is 2. The number of nitrogen functional groups attached to an aromatic ring is 1. The molecule has 0 bridgehead atoms. The molecular formula is C14H15ClN2O3S. The molecule has 112 valence electrons. The summed E-state index contributed by atoms with van der Waals surface area (Å²) in [4.78, 5) is 0.0790. The molecule has 0 saturated carbocycles. The van der Waals surface area contributed by atoms with Crippen molar-refractivity contribution in [2.45, 2.75) is 11.8 Å². The summed E-state index contributed by atoms with van der Waals surface area (Å²) in [6.45, 7) is 1.65. The van der Waals surface area contributed by atoms with Crippen LogP contribution in [0.15, 0.2) is 41.3 Å². The van der Waals surface area contributed by atoms with Gasteiger partial charge in [-0.25, -0.2) is 8.42 Å². The van der Waals surface area contributed by atoms with Crippen LogP contribution in [0.3, 0.4) is 0 Å². The normalized spacial score (nSPS) is 11.2. The highest BCUT2D eigenvalue weighted by Gasteiger charge is 2.20. The molecule has 0 saturated heterocycles. The van der Waals surface area contributed by atoms with E-state index in [4.69, 9.17) is 22.1 Å². The Kier molecular flexibility index (Phi) is 4.29. The van der Waals surface area contributed by atoms with Gasteiger partial charge in [-0.3, -0.25) is 4.72 Å². The van der Waals surface area contributed by atoms with Crippen LogP contribution >= 0.6 is 11.6 Å². The second-order valence-electron chi connectivity index (χ2n) is 4.45. The highest BCUT2D eigenvalue weighted by molar-refractivity contribution is 7.92. The summed E-state index contributed by atoms with van der Waals surface area (Å²) >= 11 is 5.88. The molecule has 0 amide bonds. The van der Waals surface area contributed by atoms with Crippen LogP contribution in [0.2, 0.25) is 5.02 Å². The van der Waals surface area contributed by atoms with Gasteiger partial charge in [-0.15, -0.1) is 0 Å². The fraction of sp³-hybridized carbons (Fsp3) is 0.143. The Morgan fingerprint density at radius 2 is 1.90 bits per heavy atom. The van der Waals surface area contributed by atoms with E-state index in [1.807, 2.05) is 0 Å². The van der Waals surface area contributed by atoms with Gasteiger partial charge in [0.15, 0.2) is 0 Å². The Bertz CT molecular complexity index is 776. The van der Waals surface area contributed by atoms with E-state index < -0.39 is 10.0 Å². The van der Waals surface area contributed by atoms with Crippen molar-refractivity contribution in [3.8, 4) is 5.75 Å². The van der Waals surface area contributed by atoms with E-state index in [1.165, 1.54) is 19.2 Å². The van der Waals surface area contributed by atoms with Gasteiger partial charge in [0.2, 0.25) is 0 Å². The molecule has 0 aliphatic rings. The first-order chi connectivity index (χ1) is 9.85. The van der Waals surface area contributed by atoms with E-state index in [9.17, 15) is 8.42 Å². The van der Waals surface area contributed by atoms with Gasteiger partial charge < -0.3 is 10.5 Å². The van der Waals surface area contributed by atoms with Crippen molar-refractivity contribution >= 4 is 33.0 Å². The number of nitrogens with one attached hydrogen (secondary N) is 1. The minimum absolute atomic E-state index is 0.0790. The van der Waals surface area contributed by atoms with Gasteiger partial charge in [0, 0.05) is 0 Å². The molecule has 2 aromatic rings. The van der Waals surface area contributed by atoms with Gasteiger partial charge in [-0.2, -0.15) is 0 Å². The van der Waals surface area contributed by atoms with Gasteiger partial charge in [0.05, 0.1) is 28.4 Å². The first-order valence-corrected chi connectivity index (χ1v) is 7.92. The van der Waals surface area contributed by atoms with Crippen molar-refractivity contribution in [2.75, 3.05) is 17.6 Å². The van der Waals surface area contributed by atoms with Crippen LogP contribution in [-0.4, -0.2) is 15.5 Å². The zero-order valence-corrected chi connectivity index (χ0v) is 13.1. The van der Waals surface area contributed by atoms with Crippen LogP contribution in [0, 0.1) is 6.92 Å². The highest BCUT2D eigenvalue weighted by Crippen LogP contribution is 2.30. The number of nitrogens with two attached hydrogens (primary N) is 1. The predicted octanol–water partition coefficient (Wildman–Crippen LogP) is 3.04. The first kappa shape index (κ1) is 15.5. The summed E-state index contributed by atoms with van der Waals surface area (Å²) in [5.41, 5.74) is 6.76. The lowest BCUT2D eigenvalue weighted by atomic mass is 10.2. The molecule has 7 heteroatoms. The Balaban J connectivity index is 2.46. The van der Waals surface area contributed by atoms with Gasteiger partial charge >= 0.3 is 0 Å². The third-order valence-corrected chi connectivity index (χ3v) is 4.77. The summed E-state index contributed by atoms with van der Waals surface area (Å²) in [6, 6.07) is 9.61. The number of ether oxygens (including phenoxy) is 1. The second-order valence-corrected chi connectivity index (χ2v) is 6.50. The van der Waals surface area contributed by atoms with Crippen LogP contribution in [0.5, 0.6) is 5.75 Å². The van der Waals surface area contributed by atoms with E-state index >= 15 is 0 Å². The number of hydrogen-bond donors (Lipinski definition) is 2. The molecule has 0 spiro atoms. The molecule has 0 radical (unpaired) electrons. The monoisotopic (exact) mass is 326 g/mol. The van der Waals surface area contributed by atoms with Crippen molar-refractivity contribution < 1.29 is 13.2 Å². The van der Waals surface area contributed by atoms with Gasteiger partial charge in [-0.1, -0.05) is 23.7 Å². The number of sulfonamides is 1. The Hall–Kier alpha value is -1.92. The van der Waals surface area contributed by atoms with Crippen LogP contribution < -0.4 is 15.2 Å². The van der Waals surface area contributed by atoms with Crippen molar-refractivity contribution in [3.05, 3.63) is 47.0 Å². The lowest BCUT2D eigenvalue weighted by Crippen LogP contribution is -2.15. The number of rotatable bonds is 4. The van der Waals surface area contributed by atoms with Crippen molar-refractivity contribution in [2.24, 2.45) is 0 Å². The summed E-state index contributed by atoms with van der Waals surface area (Å²) in [7, 11) is -2.31. The molecule has 3 N–H and O–H groups in total. The van der Waals surface area contributed by atoms with Gasteiger partial charge in [0.25, 0.3) is 10.0 Å². The summed E-state index contributed by atoms with van der Waals surface area (Å²) in [5, 5.41) is 0.323. The van der Waals surface area contributed by atoms with Crippen LogP contribution in [0.25, 0.3) is 0 Å². The van der Waals surface area contributed by atoms with E-state index in [0.717, 1.165) is 0 Å². The number of para-hydroxylation sites is 2. The van der Waals surface area contributed by atoms with Crippen molar-refractivity contribution in [1.82, 2.24) is 0 Å². The number of halogens is 1. The molecule has 0 aromatic heterocycles. The molecule has 2 rings (SSSR count). The Labute approximate surface area is 128 Å². The highest BCUT2D eigenvalue weighted by atomic mass is 35.5. The Morgan fingerprint density at radius 3 is 2.57 bits per heavy atom. The van der Waals surface area contributed by atoms with Gasteiger partial charge in [0.1, 0.15) is 5.75 Å². The Morgan fingerprint density at radius 1 is 1.24 bits per heavy atom. The van der Waals surface area contributed by atoms with Crippen LogP contribution in [-0.2, 0) is 10.0 Å². The molecule has 0 atom stereocenters. The van der Waals surface area contributed by atoms with E-state index in [-0.39, 0.29) is 10.6 Å². The molecular weight excluding hydrogens is 312 g/mol. The number of methoxy groups -OCH3 is 1. The average Bonchev–Trinajstić information content (AvgIpc) is 2.43. The molecule has 0 fully saturated rings. The molecule has 0 unspecified atom stereocenters. The largest absolute Gasteiger partial charge is 0.495 e. The minimum atomic E-state index is -3.78. The number of hydrogen-bond acceptors (Lipinski definition) is 4. The molecule has 0 aliphatic heterocycles. The van der Waals surface area contributed by atoms with Gasteiger partial charge in [-0.05, 0) is 36.8 Å². The minimum Gasteiger partial charge on any atom is -0.495 e. The predicted molar refractivity (Wildman–Crippen MR) is 84.4 cm³/mol. The second kappa shape index (κ2) is 5.83. The van der Waals surface area contributed by atoms with Crippen LogP contribution in [0.4, 0.5) is 11.4 Å². The lowest BCUT2D eigenvalue weighted by Gasteiger charge is -2.14. The maximum atomic E-state index is 12.5. The summed E-state index contributed by atoms with van der Waals surface area (Å²) in [6.07, 6.45) is 0. The van der Waals surface area contributed by atoms with Crippen molar-refractivity contribution in [3.63, 3.8) is 0 Å². The fourth-order valence-corrected chi connectivity index (χ4v) is 3.44. The SMILES string of the molecule is COc1ccccc1NS(=O)(=O)c1cc(N)c(Cl)cc1C. The number of anilines is 2. The lowest BCUT2D eigenvalue weighted by molar-refractivity contribution is 0.417. The third kappa shape index (κ3) is 3.22. The fourth-order valence-electron chi connectivity index (χ4n) is 1.89. The molecule has 5 nitrogen and oxygen atoms in total. The topological polar surface area (TPSA) is 81.4 Å². The molecule has 2 aromatic carbocycles. The standard InChI is InChI=1S/C14H15ClN2O3S/c1-9-7-10(15)11(16)8-14(9)21(18,19)17-12-5-3-4-6-13(12)20-2/h3-8,17H,16H2,1-2H3. The average molecular weight is 327 g/mol. The summed E-state index contributed by atoms with van der Waals surface area (Å²) < 4.78 is 32.6. The first-order valence-electron chi connectivity index (χ1n) is 6.06. The zero-order chi connectivity index (χ0) is 15.6. The van der Waals surface area contributed by atoms with Crippen LogP contribution in [0.1, 0.15) is 5.56 Å². The maximum absolute atomic E-state index is 12.5. The summed E-state index contributed by atoms with van der Waals surface area (Å²) in [5.74, 6) is 0.431. The number of aryl methyl sites for hydroxylation is 1. The smallest absolute Gasteiger partial charge is 0.262 e. The quantitative estimate of drug-likeness (QED) is 0.846. The maximum Gasteiger partial charge on any atom is 0.262 e. The van der Waals surface area contributed by atoms with E-state index in [2.05, 4.69) is 4.72 Å². The molecule has 21 heavy (non-hydrogen) atoms. The van der Waals surface area contributed by atoms with E-state index in [1.54, 1.807) is 31.2 Å².